The molecule has 8 heteroatoms. The summed E-state index contributed by atoms with van der Waals surface area (Å²) in [7, 11) is 1.79. The molecule has 1 aliphatic rings. The highest BCUT2D eigenvalue weighted by Crippen LogP contribution is 2.23. The van der Waals surface area contributed by atoms with Crippen molar-refractivity contribution in [2.24, 2.45) is 7.05 Å². The van der Waals surface area contributed by atoms with Gasteiger partial charge in [-0.1, -0.05) is 12.8 Å². The Bertz CT molecular complexity index is 481. The Morgan fingerprint density at radius 2 is 2.20 bits per heavy atom. The van der Waals surface area contributed by atoms with Gasteiger partial charge in [-0.2, -0.15) is 0 Å². The van der Waals surface area contributed by atoms with E-state index >= 15 is 0 Å². The molecule has 0 aliphatic heterocycles. The van der Waals surface area contributed by atoms with Gasteiger partial charge in [0, 0.05) is 13.1 Å². The molecule has 2 N–H and O–H groups in total. The van der Waals surface area contributed by atoms with Crippen LogP contribution in [0.25, 0.3) is 0 Å². The number of rotatable bonds is 5. The number of nitrogens with zero attached hydrogens (tertiary/aromatic N) is 4. The second-order valence-electron chi connectivity index (χ2n) is 4.98. The molecule has 0 atom stereocenters. The second-order valence-corrected chi connectivity index (χ2v) is 4.98. The third-order valence-corrected chi connectivity index (χ3v) is 3.53. The minimum absolute atomic E-state index is 0.0191. The summed E-state index contributed by atoms with van der Waals surface area (Å²) in [6.07, 6.45) is 5.36. The molecule has 1 heterocycles. The second kappa shape index (κ2) is 6.36. The highest BCUT2D eigenvalue weighted by atomic mass is 16.4. The lowest BCUT2D eigenvalue weighted by atomic mass is 10.2. The Morgan fingerprint density at radius 3 is 2.75 bits per heavy atom. The van der Waals surface area contributed by atoms with Gasteiger partial charge in [0.05, 0.1) is 6.54 Å². The van der Waals surface area contributed by atoms with Crippen molar-refractivity contribution in [1.29, 1.82) is 0 Å². The van der Waals surface area contributed by atoms with E-state index in [0.29, 0.717) is 5.82 Å². The Labute approximate surface area is 116 Å². The number of carbonyl (C=O) groups excluding carboxylic acids is 1. The molecule has 0 radical (unpaired) electrons. The lowest BCUT2D eigenvalue weighted by Gasteiger charge is -2.27. The zero-order chi connectivity index (χ0) is 14.5. The van der Waals surface area contributed by atoms with E-state index in [1.807, 2.05) is 0 Å². The SMILES string of the molecule is Cn1cnnc1CNC(=O)N(CC(=O)O)C1CCCC1. The quantitative estimate of drug-likeness (QED) is 0.811. The minimum atomic E-state index is -0.995. The molecule has 0 aromatic carbocycles. The molecular weight excluding hydrogens is 262 g/mol. The van der Waals surface area contributed by atoms with Crippen molar-refractivity contribution in [3.05, 3.63) is 12.2 Å². The van der Waals surface area contributed by atoms with E-state index in [0.717, 1.165) is 25.7 Å². The number of hydrogen-bond donors (Lipinski definition) is 2. The summed E-state index contributed by atoms with van der Waals surface area (Å²) in [5, 5.41) is 19.2. The molecule has 1 aliphatic carbocycles. The van der Waals surface area contributed by atoms with E-state index in [1.54, 1.807) is 17.9 Å². The van der Waals surface area contributed by atoms with Gasteiger partial charge in [-0.15, -0.1) is 10.2 Å². The molecule has 2 amide bonds. The van der Waals surface area contributed by atoms with Crippen LogP contribution in [-0.2, 0) is 18.4 Å². The molecule has 0 bridgehead atoms. The van der Waals surface area contributed by atoms with Gasteiger partial charge in [0.25, 0.3) is 0 Å². The third kappa shape index (κ3) is 3.46. The molecule has 1 fully saturated rings. The average molecular weight is 281 g/mol. The number of urea groups is 1. The molecule has 0 spiro atoms. The van der Waals surface area contributed by atoms with E-state index in [2.05, 4.69) is 15.5 Å². The van der Waals surface area contributed by atoms with Gasteiger partial charge < -0.3 is 19.9 Å². The Hall–Kier alpha value is -2.12. The molecule has 0 saturated heterocycles. The molecule has 1 aromatic rings. The first-order valence-electron chi connectivity index (χ1n) is 6.67. The summed E-state index contributed by atoms with van der Waals surface area (Å²) >= 11 is 0. The molecule has 8 nitrogen and oxygen atoms in total. The van der Waals surface area contributed by atoms with Crippen LogP contribution in [0.3, 0.4) is 0 Å². The third-order valence-electron chi connectivity index (χ3n) is 3.53. The van der Waals surface area contributed by atoms with E-state index < -0.39 is 5.97 Å². The Balaban J connectivity index is 1.95. The molecular formula is C12H19N5O3. The van der Waals surface area contributed by atoms with Crippen LogP contribution >= 0.6 is 0 Å². The van der Waals surface area contributed by atoms with Crippen LogP contribution < -0.4 is 5.32 Å². The highest BCUT2D eigenvalue weighted by molar-refractivity contribution is 5.80. The monoisotopic (exact) mass is 281 g/mol. The fraction of sp³-hybridized carbons (Fsp3) is 0.667. The number of aryl methyl sites for hydroxylation is 1. The minimum Gasteiger partial charge on any atom is -0.480 e. The molecule has 2 rings (SSSR count). The topological polar surface area (TPSA) is 100 Å². The summed E-state index contributed by atoms with van der Waals surface area (Å²) < 4.78 is 1.71. The van der Waals surface area contributed by atoms with Crippen LogP contribution in [-0.4, -0.2) is 49.4 Å². The maximum atomic E-state index is 12.2. The zero-order valence-electron chi connectivity index (χ0n) is 11.4. The van der Waals surface area contributed by atoms with Crippen molar-refractivity contribution >= 4 is 12.0 Å². The standard InChI is InChI=1S/C12H19N5O3/c1-16-8-14-15-10(16)6-13-12(20)17(7-11(18)19)9-4-2-3-5-9/h8-9H,2-7H2,1H3,(H,13,20)(H,18,19). The maximum absolute atomic E-state index is 12.2. The predicted molar refractivity (Wildman–Crippen MR) is 69.8 cm³/mol. The number of amides is 2. The fourth-order valence-corrected chi connectivity index (χ4v) is 2.45. The average Bonchev–Trinajstić information content (AvgIpc) is 3.04. The van der Waals surface area contributed by atoms with Crippen LogP contribution in [0.2, 0.25) is 0 Å². The zero-order valence-corrected chi connectivity index (χ0v) is 11.4. The van der Waals surface area contributed by atoms with E-state index in [-0.39, 0.29) is 25.2 Å². The van der Waals surface area contributed by atoms with E-state index in [4.69, 9.17) is 5.11 Å². The fourth-order valence-electron chi connectivity index (χ4n) is 2.45. The number of nitrogens with one attached hydrogen (secondary N) is 1. The number of carboxylic acids is 1. The van der Waals surface area contributed by atoms with Gasteiger partial charge in [-0.3, -0.25) is 4.79 Å². The normalized spacial score (nSPS) is 15.2. The van der Waals surface area contributed by atoms with Gasteiger partial charge in [0.2, 0.25) is 0 Å². The number of carbonyl (C=O) groups is 2. The van der Waals surface area contributed by atoms with Crippen LogP contribution in [0.4, 0.5) is 4.79 Å². The van der Waals surface area contributed by atoms with E-state index in [9.17, 15) is 9.59 Å². The first-order valence-corrected chi connectivity index (χ1v) is 6.67. The first-order chi connectivity index (χ1) is 9.58. The van der Waals surface area contributed by atoms with Gasteiger partial charge >= 0.3 is 12.0 Å². The number of aliphatic carboxylic acids is 1. The van der Waals surface area contributed by atoms with Crippen LogP contribution in [0, 0.1) is 0 Å². The maximum Gasteiger partial charge on any atom is 0.323 e. The summed E-state index contributed by atoms with van der Waals surface area (Å²) in [5.74, 6) is -0.370. The largest absolute Gasteiger partial charge is 0.480 e. The number of carboxylic acid groups (broad SMARTS) is 1. The van der Waals surface area contributed by atoms with Gasteiger partial charge in [0.15, 0.2) is 5.82 Å². The van der Waals surface area contributed by atoms with Crippen LogP contribution in [0.5, 0.6) is 0 Å². The summed E-state index contributed by atoms with van der Waals surface area (Å²) in [6.45, 7) is -0.0342. The molecule has 20 heavy (non-hydrogen) atoms. The molecule has 1 saturated carbocycles. The predicted octanol–water partition coefficient (Wildman–Crippen LogP) is 0.354. The first kappa shape index (κ1) is 14.3. The smallest absolute Gasteiger partial charge is 0.323 e. The lowest BCUT2D eigenvalue weighted by Crippen LogP contribution is -2.47. The van der Waals surface area contributed by atoms with Crippen molar-refractivity contribution in [3.8, 4) is 0 Å². The Morgan fingerprint density at radius 1 is 1.50 bits per heavy atom. The van der Waals surface area contributed by atoms with Crippen molar-refractivity contribution in [1.82, 2.24) is 25.0 Å². The van der Waals surface area contributed by atoms with Crippen molar-refractivity contribution in [3.63, 3.8) is 0 Å². The summed E-state index contributed by atoms with van der Waals surface area (Å²) in [5.41, 5.74) is 0. The lowest BCUT2D eigenvalue weighted by molar-refractivity contribution is -0.138. The Kier molecular flexibility index (Phi) is 4.54. The van der Waals surface area contributed by atoms with Crippen molar-refractivity contribution < 1.29 is 14.7 Å². The van der Waals surface area contributed by atoms with Gasteiger partial charge in [0.1, 0.15) is 12.9 Å². The van der Waals surface area contributed by atoms with Crippen molar-refractivity contribution in [2.45, 2.75) is 38.3 Å². The van der Waals surface area contributed by atoms with Crippen LogP contribution in [0.1, 0.15) is 31.5 Å². The summed E-state index contributed by atoms with van der Waals surface area (Å²) in [6, 6.07) is -0.340. The molecule has 1 aromatic heterocycles. The van der Waals surface area contributed by atoms with Crippen molar-refractivity contribution in [2.75, 3.05) is 6.54 Å². The van der Waals surface area contributed by atoms with Crippen LogP contribution in [0.15, 0.2) is 6.33 Å². The summed E-state index contributed by atoms with van der Waals surface area (Å²) in [4.78, 5) is 24.5. The molecule has 0 unspecified atom stereocenters. The van der Waals surface area contributed by atoms with E-state index in [1.165, 1.54) is 4.90 Å². The van der Waals surface area contributed by atoms with Gasteiger partial charge in [-0.25, -0.2) is 4.79 Å². The van der Waals surface area contributed by atoms with Gasteiger partial charge in [-0.05, 0) is 12.8 Å². The highest BCUT2D eigenvalue weighted by Gasteiger charge is 2.28. The number of hydrogen-bond acceptors (Lipinski definition) is 4. The number of aromatic nitrogens is 3. The molecule has 110 valence electrons.